The lowest BCUT2D eigenvalue weighted by Crippen LogP contribution is -2.37. The second-order valence-electron chi connectivity index (χ2n) is 7.83. The molecule has 0 saturated carbocycles. The molecular weight excluding hydrogens is 380 g/mol. The third-order valence-corrected chi connectivity index (χ3v) is 5.99. The minimum atomic E-state index is 0.00603. The number of benzene rings is 1. The predicted octanol–water partition coefficient (Wildman–Crippen LogP) is 2.60. The highest BCUT2D eigenvalue weighted by Gasteiger charge is 2.24. The molecular formula is C22H24N6O2. The zero-order valence-electron chi connectivity index (χ0n) is 17.2. The molecule has 4 heterocycles. The number of fused-ring (bicyclic) bond motifs is 2. The van der Waals surface area contributed by atoms with Crippen LogP contribution in [0.15, 0.2) is 47.7 Å². The Bertz CT molecular complexity index is 1270. The topological polar surface area (TPSA) is 78.1 Å². The second-order valence-corrected chi connectivity index (χ2v) is 7.83. The highest BCUT2D eigenvalue weighted by atomic mass is 16.5. The molecule has 1 aliphatic rings. The Hall–Kier alpha value is -3.42. The number of imidazole rings is 1. The third-order valence-electron chi connectivity index (χ3n) is 5.99. The molecule has 1 fully saturated rings. The quantitative estimate of drug-likeness (QED) is 0.520. The summed E-state index contributed by atoms with van der Waals surface area (Å²) in [6.45, 7) is 2.51. The lowest BCUT2D eigenvalue weighted by atomic mass is 9.97. The van der Waals surface area contributed by atoms with Gasteiger partial charge in [0.1, 0.15) is 11.3 Å². The Morgan fingerprint density at radius 3 is 2.73 bits per heavy atom. The summed E-state index contributed by atoms with van der Waals surface area (Å²) in [7, 11) is 3.62. The summed E-state index contributed by atoms with van der Waals surface area (Å²) in [5.74, 6) is 2.10. The molecule has 5 rings (SSSR count). The fourth-order valence-corrected chi connectivity index (χ4v) is 4.28. The van der Waals surface area contributed by atoms with Crippen LogP contribution in [0.2, 0.25) is 0 Å². The summed E-state index contributed by atoms with van der Waals surface area (Å²) < 4.78 is 9.03. The van der Waals surface area contributed by atoms with Crippen molar-refractivity contribution in [1.29, 1.82) is 0 Å². The summed E-state index contributed by atoms with van der Waals surface area (Å²) in [5.41, 5.74) is 2.50. The Morgan fingerprint density at radius 1 is 1.13 bits per heavy atom. The first-order chi connectivity index (χ1) is 14.6. The molecule has 0 N–H and O–H groups in total. The number of methoxy groups -OCH3 is 1. The van der Waals surface area contributed by atoms with E-state index in [9.17, 15) is 4.79 Å². The van der Waals surface area contributed by atoms with E-state index in [4.69, 9.17) is 9.72 Å². The van der Waals surface area contributed by atoms with Crippen molar-refractivity contribution in [3.05, 3.63) is 53.2 Å². The van der Waals surface area contributed by atoms with E-state index in [1.54, 1.807) is 42.4 Å². The zero-order valence-corrected chi connectivity index (χ0v) is 17.2. The molecule has 8 nitrogen and oxygen atoms in total. The molecule has 0 amide bonds. The molecule has 0 aliphatic carbocycles. The number of rotatable bonds is 4. The van der Waals surface area contributed by atoms with Gasteiger partial charge in [0.25, 0.3) is 5.56 Å². The summed E-state index contributed by atoms with van der Waals surface area (Å²) >= 11 is 0. The zero-order chi connectivity index (χ0) is 20.7. The molecule has 0 unspecified atom stereocenters. The van der Waals surface area contributed by atoms with Crippen molar-refractivity contribution in [3.63, 3.8) is 0 Å². The minimum absolute atomic E-state index is 0.00603. The molecule has 0 atom stereocenters. The maximum Gasteiger partial charge on any atom is 0.261 e. The van der Waals surface area contributed by atoms with Crippen molar-refractivity contribution in [2.75, 3.05) is 25.1 Å². The number of aromatic nitrogens is 5. The van der Waals surface area contributed by atoms with Crippen LogP contribution >= 0.6 is 0 Å². The normalized spacial score (nSPS) is 15.2. The molecule has 0 bridgehead atoms. The van der Waals surface area contributed by atoms with Gasteiger partial charge in [0.15, 0.2) is 5.65 Å². The Morgan fingerprint density at radius 2 is 1.97 bits per heavy atom. The average Bonchev–Trinajstić information content (AvgIpc) is 3.12. The molecule has 1 saturated heterocycles. The summed E-state index contributed by atoms with van der Waals surface area (Å²) in [6, 6.07) is 9.30. The van der Waals surface area contributed by atoms with Gasteiger partial charge in [-0.1, -0.05) is 0 Å². The first-order valence-corrected chi connectivity index (χ1v) is 10.2. The lowest BCUT2D eigenvalue weighted by Gasteiger charge is -2.32. The molecule has 3 aromatic heterocycles. The molecule has 154 valence electrons. The monoisotopic (exact) mass is 404 g/mol. The van der Waals surface area contributed by atoms with Gasteiger partial charge in [0, 0.05) is 38.9 Å². The van der Waals surface area contributed by atoms with Crippen LogP contribution < -0.4 is 15.2 Å². The van der Waals surface area contributed by atoms with Gasteiger partial charge in [-0.2, -0.15) is 0 Å². The highest BCUT2D eigenvalue weighted by molar-refractivity contribution is 5.78. The summed E-state index contributed by atoms with van der Waals surface area (Å²) in [5, 5.41) is 0.628. The van der Waals surface area contributed by atoms with Crippen LogP contribution in [0.25, 0.3) is 22.1 Å². The number of piperidine rings is 1. The van der Waals surface area contributed by atoms with Gasteiger partial charge in [-0.3, -0.25) is 13.9 Å². The van der Waals surface area contributed by atoms with Crippen molar-refractivity contribution in [1.82, 2.24) is 24.1 Å². The van der Waals surface area contributed by atoms with E-state index in [0.717, 1.165) is 43.0 Å². The van der Waals surface area contributed by atoms with Crippen LogP contribution in [0.1, 0.15) is 12.8 Å². The number of aryl methyl sites for hydroxylation is 1. The van der Waals surface area contributed by atoms with Gasteiger partial charge < -0.3 is 9.64 Å². The first kappa shape index (κ1) is 18.6. The van der Waals surface area contributed by atoms with Gasteiger partial charge in [-0.15, -0.1) is 0 Å². The SMILES string of the molecule is COc1ccc2c(=O)n(CC3CCN(c4nc5cccnc5n4C)CC3)cnc2c1. The van der Waals surface area contributed by atoms with Crippen LogP contribution in [0.5, 0.6) is 5.75 Å². The molecule has 4 aromatic rings. The molecule has 30 heavy (non-hydrogen) atoms. The standard InChI is InChI=1S/C22H24N6O2/c1-26-20-18(4-3-9-23-20)25-22(26)27-10-7-15(8-11-27)13-28-14-24-19-12-16(30-2)5-6-17(19)21(28)29/h3-6,9,12,14-15H,7-8,10-11,13H2,1-2H3. The maximum absolute atomic E-state index is 12.9. The number of anilines is 1. The highest BCUT2D eigenvalue weighted by Crippen LogP contribution is 2.26. The van der Waals surface area contributed by atoms with Crippen molar-refractivity contribution < 1.29 is 4.74 Å². The lowest BCUT2D eigenvalue weighted by molar-refractivity contribution is 0.349. The molecule has 1 aromatic carbocycles. The Kier molecular flexibility index (Phi) is 4.61. The predicted molar refractivity (Wildman–Crippen MR) is 116 cm³/mol. The Labute approximate surface area is 173 Å². The van der Waals surface area contributed by atoms with Gasteiger partial charge in [0.2, 0.25) is 5.95 Å². The molecule has 8 heteroatoms. The van der Waals surface area contributed by atoms with Crippen LogP contribution in [-0.4, -0.2) is 44.3 Å². The van der Waals surface area contributed by atoms with E-state index in [0.29, 0.717) is 29.1 Å². The molecule has 0 radical (unpaired) electrons. The summed E-state index contributed by atoms with van der Waals surface area (Å²) in [4.78, 5) is 28.9. The fourth-order valence-electron chi connectivity index (χ4n) is 4.28. The van der Waals surface area contributed by atoms with E-state index < -0.39 is 0 Å². The van der Waals surface area contributed by atoms with Crippen LogP contribution in [0, 0.1) is 5.92 Å². The van der Waals surface area contributed by atoms with Crippen molar-refractivity contribution in [3.8, 4) is 5.75 Å². The smallest absolute Gasteiger partial charge is 0.261 e. The number of nitrogens with zero attached hydrogens (tertiary/aromatic N) is 6. The number of pyridine rings is 1. The number of hydrogen-bond acceptors (Lipinski definition) is 6. The average molecular weight is 404 g/mol. The van der Waals surface area contributed by atoms with E-state index in [2.05, 4.69) is 19.4 Å². The second kappa shape index (κ2) is 7.44. The van der Waals surface area contributed by atoms with E-state index in [-0.39, 0.29) is 5.56 Å². The van der Waals surface area contributed by atoms with Gasteiger partial charge in [0.05, 0.1) is 24.3 Å². The fraction of sp³-hybridized carbons (Fsp3) is 0.364. The van der Waals surface area contributed by atoms with Gasteiger partial charge in [-0.05, 0) is 43.0 Å². The number of ether oxygens (including phenoxy) is 1. The van der Waals surface area contributed by atoms with Crippen molar-refractivity contribution in [2.45, 2.75) is 19.4 Å². The Balaban J connectivity index is 1.31. The third kappa shape index (κ3) is 3.18. The number of hydrogen-bond donors (Lipinski definition) is 0. The van der Waals surface area contributed by atoms with E-state index in [1.165, 1.54) is 0 Å². The van der Waals surface area contributed by atoms with E-state index in [1.807, 2.05) is 19.2 Å². The minimum Gasteiger partial charge on any atom is -0.497 e. The first-order valence-electron chi connectivity index (χ1n) is 10.2. The maximum atomic E-state index is 12.9. The largest absolute Gasteiger partial charge is 0.497 e. The van der Waals surface area contributed by atoms with Crippen LogP contribution in [-0.2, 0) is 13.6 Å². The van der Waals surface area contributed by atoms with Crippen LogP contribution in [0.4, 0.5) is 5.95 Å². The van der Waals surface area contributed by atoms with Crippen molar-refractivity contribution in [2.24, 2.45) is 13.0 Å². The van der Waals surface area contributed by atoms with Crippen LogP contribution in [0.3, 0.4) is 0 Å². The van der Waals surface area contributed by atoms with Crippen molar-refractivity contribution >= 4 is 28.0 Å². The molecule has 1 aliphatic heterocycles. The van der Waals surface area contributed by atoms with E-state index >= 15 is 0 Å². The summed E-state index contributed by atoms with van der Waals surface area (Å²) in [6.07, 6.45) is 5.46. The molecule has 0 spiro atoms. The van der Waals surface area contributed by atoms with Gasteiger partial charge in [-0.25, -0.2) is 15.0 Å². The van der Waals surface area contributed by atoms with Gasteiger partial charge >= 0.3 is 0 Å².